The first-order valence-electron chi connectivity index (χ1n) is 5.69. The summed E-state index contributed by atoms with van der Waals surface area (Å²) in [6, 6.07) is 6.80. The van der Waals surface area contributed by atoms with Crippen molar-refractivity contribution in [2.45, 2.75) is 12.1 Å². The van der Waals surface area contributed by atoms with Crippen LogP contribution in [-0.2, 0) is 4.79 Å². The van der Waals surface area contributed by atoms with E-state index < -0.39 is 6.10 Å². The van der Waals surface area contributed by atoms with Gasteiger partial charge >= 0.3 is 0 Å². The molecule has 0 saturated carbocycles. The first kappa shape index (κ1) is 16.6. The monoisotopic (exact) mass is 322 g/mol. The van der Waals surface area contributed by atoms with E-state index in [1.807, 2.05) is 0 Å². The number of hydrogen-bond acceptors (Lipinski definition) is 4. The molecule has 3 N–H and O–H groups in total. The molecule has 0 spiro atoms. The molecule has 0 radical (unpaired) electrons. The Labute approximate surface area is 127 Å². The Balaban J connectivity index is 0.00000180. The molecule has 1 fully saturated rings. The summed E-state index contributed by atoms with van der Waals surface area (Å²) in [5.41, 5.74) is 0.744. The van der Waals surface area contributed by atoms with Crippen molar-refractivity contribution in [3.8, 4) is 0 Å². The van der Waals surface area contributed by atoms with E-state index in [0.717, 1.165) is 17.2 Å². The highest BCUT2D eigenvalue weighted by Crippen LogP contribution is 2.16. The second kappa shape index (κ2) is 7.97. The van der Waals surface area contributed by atoms with Crippen molar-refractivity contribution in [2.24, 2.45) is 0 Å². The van der Waals surface area contributed by atoms with E-state index in [0.29, 0.717) is 5.02 Å². The van der Waals surface area contributed by atoms with Crippen LogP contribution in [0.3, 0.4) is 0 Å². The summed E-state index contributed by atoms with van der Waals surface area (Å²) in [6.45, 7) is 0.212. The second-order valence-corrected chi connectivity index (χ2v) is 5.55. The van der Waals surface area contributed by atoms with Gasteiger partial charge in [-0.05, 0) is 17.7 Å². The van der Waals surface area contributed by atoms with Crippen molar-refractivity contribution in [1.29, 1.82) is 0 Å². The van der Waals surface area contributed by atoms with E-state index in [2.05, 4.69) is 10.6 Å². The quantitative estimate of drug-likeness (QED) is 0.787. The summed E-state index contributed by atoms with van der Waals surface area (Å²) in [5, 5.41) is 16.4. The molecule has 1 amide bonds. The number of amides is 1. The van der Waals surface area contributed by atoms with Crippen LogP contribution in [0.25, 0.3) is 0 Å². The van der Waals surface area contributed by atoms with Crippen LogP contribution in [0.1, 0.15) is 11.7 Å². The van der Waals surface area contributed by atoms with Crippen LogP contribution < -0.4 is 10.6 Å². The molecule has 1 unspecified atom stereocenters. The summed E-state index contributed by atoms with van der Waals surface area (Å²) in [7, 11) is 0. The Morgan fingerprint density at radius 2 is 2.21 bits per heavy atom. The van der Waals surface area contributed by atoms with Gasteiger partial charge in [0, 0.05) is 23.2 Å². The van der Waals surface area contributed by atoms with Crippen LogP contribution in [0.2, 0.25) is 5.02 Å². The van der Waals surface area contributed by atoms with Crippen molar-refractivity contribution >= 4 is 41.7 Å². The third-order valence-corrected chi connectivity index (χ3v) is 3.95. The maximum Gasteiger partial charge on any atom is 0.238 e. The molecule has 1 heterocycles. The maximum atomic E-state index is 11.7. The lowest BCUT2D eigenvalue weighted by Crippen LogP contribution is -2.43. The van der Waals surface area contributed by atoms with Crippen molar-refractivity contribution < 1.29 is 9.90 Å². The Bertz CT molecular complexity index is 411. The molecule has 2 rings (SSSR count). The fourth-order valence-electron chi connectivity index (χ4n) is 1.69. The third kappa shape index (κ3) is 4.85. The van der Waals surface area contributed by atoms with Crippen LogP contribution >= 0.6 is 35.8 Å². The molecule has 19 heavy (non-hydrogen) atoms. The minimum absolute atomic E-state index is 0. The van der Waals surface area contributed by atoms with E-state index in [1.54, 1.807) is 36.0 Å². The lowest BCUT2D eigenvalue weighted by atomic mass is 10.1. The summed E-state index contributed by atoms with van der Waals surface area (Å²) in [6.07, 6.45) is -0.708. The zero-order valence-electron chi connectivity index (χ0n) is 10.1. The molecule has 4 nitrogen and oxygen atoms in total. The van der Waals surface area contributed by atoms with E-state index >= 15 is 0 Å². The first-order chi connectivity index (χ1) is 8.66. The molecular weight excluding hydrogens is 307 g/mol. The number of rotatable bonds is 4. The smallest absolute Gasteiger partial charge is 0.238 e. The molecule has 106 valence electrons. The van der Waals surface area contributed by atoms with Crippen molar-refractivity contribution in [3.63, 3.8) is 0 Å². The highest BCUT2D eigenvalue weighted by molar-refractivity contribution is 7.99. The molecule has 1 aliphatic heterocycles. The summed E-state index contributed by atoms with van der Waals surface area (Å²) in [5.74, 6) is 1.52. The molecular formula is C12H16Cl2N2O2S. The number of hydrogen-bond donors (Lipinski definition) is 3. The largest absolute Gasteiger partial charge is 0.387 e. The van der Waals surface area contributed by atoms with Gasteiger partial charge in [-0.2, -0.15) is 0 Å². The number of halogens is 2. The molecule has 0 bridgehead atoms. The predicted molar refractivity (Wildman–Crippen MR) is 80.9 cm³/mol. The van der Waals surface area contributed by atoms with Crippen LogP contribution in [0.15, 0.2) is 24.3 Å². The van der Waals surface area contributed by atoms with E-state index in [4.69, 9.17) is 11.6 Å². The number of aliphatic hydroxyl groups excluding tert-OH is 1. The molecule has 1 aromatic carbocycles. The standard InChI is InChI=1S/C12H15ClN2O2S.ClH/c13-9-3-1-8(2-4-9)11(16)5-14-12(17)10-6-18-7-15-10;/h1-4,10-11,15-16H,5-7H2,(H,14,17);1H/t10-,11?;/m1./s1. The summed E-state index contributed by atoms with van der Waals surface area (Å²) >= 11 is 7.46. The van der Waals surface area contributed by atoms with Crippen LogP contribution in [0.5, 0.6) is 0 Å². The number of benzene rings is 1. The van der Waals surface area contributed by atoms with Gasteiger partial charge in [0.15, 0.2) is 0 Å². The van der Waals surface area contributed by atoms with Crippen LogP contribution in [-0.4, -0.2) is 35.2 Å². The number of carbonyl (C=O) groups is 1. The SMILES string of the molecule is Cl.O=C(NCC(O)c1ccc(Cl)cc1)[C@H]1CSCN1. The Kier molecular flexibility index (Phi) is 6.96. The topological polar surface area (TPSA) is 61.4 Å². The molecule has 1 aliphatic rings. The number of nitrogens with one attached hydrogen (secondary N) is 2. The lowest BCUT2D eigenvalue weighted by Gasteiger charge is -2.14. The van der Waals surface area contributed by atoms with Gasteiger partial charge in [0.2, 0.25) is 5.91 Å². The second-order valence-electron chi connectivity index (χ2n) is 4.08. The Morgan fingerprint density at radius 3 is 2.79 bits per heavy atom. The molecule has 0 aromatic heterocycles. The van der Waals surface area contributed by atoms with Crippen molar-refractivity contribution in [1.82, 2.24) is 10.6 Å². The average molecular weight is 323 g/mol. The van der Waals surface area contributed by atoms with Gasteiger partial charge in [0.1, 0.15) is 0 Å². The molecule has 7 heteroatoms. The van der Waals surface area contributed by atoms with Gasteiger partial charge in [-0.1, -0.05) is 23.7 Å². The highest BCUT2D eigenvalue weighted by atomic mass is 35.5. The first-order valence-corrected chi connectivity index (χ1v) is 7.22. The third-order valence-electron chi connectivity index (χ3n) is 2.76. The number of thioether (sulfide) groups is 1. The van der Waals surface area contributed by atoms with Gasteiger partial charge < -0.3 is 10.4 Å². The maximum absolute atomic E-state index is 11.7. The van der Waals surface area contributed by atoms with Gasteiger partial charge in [-0.3, -0.25) is 10.1 Å². The fraction of sp³-hybridized carbons (Fsp3) is 0.417. The van der Waals surface area contributed by atoms with Gasteiger partial charge in [0.25, 0.3) is 0 Å². The van der Waals surface area contributed by atoms with E-state index in [9.17, 15) is 9.90 Å². The summed E-state index contributed by atoms with van der Waals surface area (Å²) in [4.78, 5) is 11.7. The molecule has 2 atom stereocenters. The molecule has 1 aromatic rings. The van der Waals surface area contributed by atoms with Gasteiger partial charge in [-0.25, -0.2) is 0 Å². The van der Waals surface area contributed by atoms with Gasteiger partial charge in [-0.15, -0.1) is 24.2 Å². The minimum atomic E-state index is -0.708. The summed E-state index contributed by atoms with van der Waals surface area (Å²) < 4.78 is 0. The fourth-order valence-corrected chi connectivity index (χ4v) is 2.75. The lowest BCUT2D eigenvalue weighted by molar-refractivity contribution is -0.122. The van der Waals surface area contributed by atoms with Crippen molar-refractivity contribution in [2.75, 3.05) is 18.2 Å². The zero-order valence-corrected chi connectivity index (χ0v) is 12.5. The Hall–Kier alpha value is -0.460. The van der Waals surface area contributed by atoms with Crippen molar-refractivity contribution in [3.05, 3.63) is 34.9 Å². The van der Waals surface area contributed by atoms with Crippen LogP contribution in [0.4, 0.5) is 0 Å². The van der Waals surface area contributed by atoms with E-state index in [-0.39, 0.29) is 30.9 Å². The van der Waals surface area contributed by atoms with Gasteiger partial charge in [0.05, 0.1) is 12.1 Å². The van der Waals surface area contributed by atoms with Crippen LogP contribution in [0, 0.1) is 0 Å². The zero-order chi connectivity index (χ0) is 13.0. The normalized spacial score (nSPS) is 19.6. The average Bonchev–Trinajstić information content (AvgIpc) is 2.90. The Morgan fingerprint density at radius 1 is 1.53 bits per heavy atom. The highest BCUT2D eigenvalue weighted by Gasteiger charge is 2.22. The predicted octanol–water partition coefficient (Wildman–Crippen LogP) is 1.57. The minimum Gasteiger partial charge on any atom is -0.387 e. The van der Waals surface area contributed by atoms with E-state index in [1.165, 1.54) is 0 Å². The molecule has 0 aliphatic carbocycles. The molecule has 1 saturated heterocycles. The number of aliphatic hydroxyl groups is 1. The number of carbonyl (C=O) groups excluding carboxylic acids is 1.